The van der Waals surface area contributed by atoms with Crippen molar-refractivity contribution in [3.8, 4) is 0 Å². The van der Waals surface area contributed by atoms with Crippen LogP contribution >= 0.6 is 0 Å². The van der Waals surface area contributed by atoms with Crippen molar-refractivity contribution in [3.05, 3.63) is 59.7 Å². The molecule has 1 aliphatic carbocycles. The normalized spacial score (nSPS) is 20.5. The van der Waals surface area contributed by atoms with Crippen molar-refractivity contribution in [2.75, 3.05) is 5.32 Å². The molecule has 2 aromatic carbocycles. The van der Waals surface area contributed by atoms with Crippen LogP contribution in [0.5, 0.6) is 0 Å². The van der Waals surface area contributed by atoms with Crippen LogP contribution in [-0.2, 0) is 14.7 Å². The maximum Gasteiger partial charge on any atom is 0.494 e. The first kappa shape index (κ1) is 26.0. The Morgan fingerprint density at radius 3 is 2.03 bits per heavy atom. The van der Waals surface area contributed by atoms with Gasteiger partial charge in [-0.25, -0.2) is 0 Å². The maximum atomic E-state index is 12.9. The molecule has 2 fully saturated rings. The van der Waals surface area contributed by atoms with E-state index in [1.165, 1.54) is 63.4 Å². The fourth-order valence-electron chi connectivity index (χ4n) is 5.51. The summed E-state index contributed by atoms with van der Waals surface area (Å²) in [5.74, 6) is -0.0800. The first-order chi connectivity index (χ1) is 16.7. The molecule has 0 bridgehead atoms. The Kier molecular flexibility index (Phi) is 7.78. The molecule has 0 aromatic heterocycles. The Balaban J connectivity index is 1.40. The molecule has 2 aromatic rings. The molecule has 1 heterocycles. The van der Waals surface area contributed by atoms with Crippen molar-refractivity contribution in [1.82, 2.24) is 0 Å². The Morgan fingerprint density at radius 2 is 1.46 bits per heavy atom. The molecule has 0 atom stereocenters. The predicted octanol–water partition coefficient (Wildman–Crippen LogP) is 7.02. The van der Waals surface area contributed by atoms with Gasteiger partial charge in [0.05, 0.1) is 11.2 Å². The molecule has 0 unspecified atom stereocenters. The zero-order valence-corrected chi connectivity index (χ0v) is 22.3. The number of carbonyl (C=O) groups excluding carboxylic acids is 1. The molecule has 5 heteroatoms. The Hall–Kier alpha value is -2.11. The summed E-state index contributed by atoms with van der Waals surface area (Å²) < 4.78 is 12.3. The number of unbranched alkanes of at least 4 members (excludes halogenated alkanes) is 2. The molecule has 1 N–H and O–H groups in total. The zero-order valence-electron chi connectivity index (χ0n) is 22.3. The van der Waals surface area contributed by atoms with Gasteiger partial charge in [-0.2, -0.15) is 0 Å². The number of hydrogen-bond acceptors (Lipinski definition) is 3. The molecule has 2 aliphatic rings. The van der Waals surface area contributed by atoms with Crippen LogP contribution in [0.1, 0.15) is 108 Å². The van der Waals surface area contributed by atoms with E-state index in [1.807, 2.05) is 64.1 Å². The van der Waals surface area contributed by atoms with Crippen LogP contribution in [0.4, 0.5) is 5.69 Å². The summed E-state index contributed by atoms with van der Waals surface area (Å²) in [5.41, 5.74) is 3.38. The summed E-state index contributed by atoms with van der Waals surface area (Å²) >= 11 is 0. The third-order valence-corrected chi connectivity index (χ3v) is 8.52. The van der Waals surface area contributed by atoms with Crippen LogP contribution in [-0.4, -0.2) is 24.2 Å². The molecule has 0 radical (unpaired) electrons. The van der Waals surface area contributed by atoms with Crippen LogP contribution in [0.25, 0.3) is 0 Å². The Bertz CT molecular complexity index is 975. The van der Waals surface area contributed by atoms with E-state index < -0.39 is 7.12 Å². The standard InChI is InChI=1S/C30H42BNO3/c1-6-7-9-20-30(21-10-8-11-22-30)24-14-12-23(13-15-24)27(33)32-26-18-16-25(17-19-26)31-34-28(2,3)29(4,5)35-31/h12-19H,6-11,20-22H2,1-5H3,(H,32,33). The number of amides is 1. The number of hydrogen-bond donors (Lipinski definition) is 1. The summed E-state index contributed by atoms with van der Waals surface area (Å²) in [5, 5.41) is 3.04. The molecule has 1 saturated heterocycles. The Morgan fingerprint density at radius 1 is 0.857 bits per heavy atom. The molecule has 1 amide bonds. The van der Waals surface area contributed by atoms with Crippen LogP contribution < -0.4 is 10.8 Å². The van der Waals surface area contributed by atoms with Crippen LogP contribution in [0, 0.1) is 0 Å². The second-order valence-electron chi connectivity index (χ2n) is 11.5. The number of rotatable bonds is 8. The highest BCUT2D eigenvalue weighted by molar-refractivity contribution is 6.62. The van der Waals surface area contributed by atoms with Gasteiger partial charge in [-0.05, 0) is 87.7 Å². The summed E-state index contributed by atoms with van der Waals surface area (Å²) in [6, 6.07) is 16.2. The van der Waals surface area contributed by atoms with Gasteiger partial charge in [0.2, 0.25) is 0 Å². The highest BCUT2D eigenvalue weighted by Crippen LogP contribution is 2.43. The number of benzene rings is 2. The lowest BCUT2D eigenvalue weighted by Crippen LogP contribution is -2.41. The van der Waals surface area contributed by atoms with Gasteiger partial charge in [0.15, 0.2) is 0 Å². The minimum absolute atomic E-state index is 0.0800. The lowest BCUT2D eigenvalue weighted by atomic mass is 9.66. The summed E-state index contributed by atoms with van der Waals surface area (Å²) in [7, 11) is -0.401. The van der Waals surface area contributed by atoms with Crippen molar-refractivity contribution in [3.63, 3.8) is 0 Å². The smallest absolute Gasteiger partial charge is 0.399 e. The average molecular weight is 475 g/mol. The lowest BCUT2D eigenvalue weighted by Gasteiger charge is -2.38. The van der Waals surface area contributed by atoms with Gasteiger partial charge in [-0.3, -0.25) is 4.79 Å². The molecule has 4 nitrogen and oxygen atoms in total. The highest BCUT2D eigenvalue weighted by Gasteiger charge is 2.51. The largest absolute Gasteiger partial charge is 0.494 e. The average Bonchev–Trinajstić information content (AvgIpc) is 3.07. The maximum absolute atomic E-state index is 12.9. The monoisotopic (exact) mass is 475 g/mol. The summed E-state index contributed by atoms with van der Waals surface area (Å²) in [6.45, 7) is 10.5. The van der Waals surface area contributed by atoms with Crippen molar-refractivity contribution >= 4 is 24.2 Å². The number of carbonyl (C=O) groups is 1. The minimum atomic E-state index is -0.401. The van der Waals surface area contributed by atoms with Gasteiger partial charge < -0.3 is 14.6 Å². The van der Waals surface area contributed by atoms with Crippen molar-refractivity contribution in [2.24, 2.45) is 0 Å². The molecule has 4 rings (SSSR count). The van der Waals surface area contributed by atoms with E-state index in [0.29, 0.717) is 11.0 Å². The first-order valence-corrected chi connectivity index (χ1v) is 13.5. The van der Waals surface area contributed by atoms with Gasteiger partial charge >= 0.3 is 7.12 Å². The molecular formula is C30H42BNO3. The Labute approximate surface area is 212 Å². The summed E-state index contributed by atoms with van der Waals surface area (Å²) in [6.07, 6.45) is 11.6. The van der Waals surface area contributed by atoms with Crippen LogP contribution in [0.2, 0.25) is 0 Å². The summed E-state index contributed by atoms with van der Waals surface area (Å²) in [4.78, 5) is 12.9. The van der Waals surface area contributed by atoms with Gasteiger partial charge in [-0.15, -0.1) is 0 Å². The van der Waals surface area contributed by atoms with E-state index in [-0.39, 0.29) is 17.1 Å². The fraction of sp³-hybridized carbons (Fsp3) is 0.567. The van der Waals surface area contributed by atoms with E-state index in [4.69, 9.17) is 9.31 Å². The number of anilines is 1. The van der Waals surface area contributed by atoms with Gasteiger partial charge in [0, 0.05) is 11.3 Å². The highest BCUT2D eigenvalue weighted by atomic mass is 16.7. The predicted molar refractivity (Wildman–Crippen MR) is 145 cm³/mol. The number of nitrogens with one attached hydrogen (secondary N) is 1. The molecule has 1 saturated carbocycles. The molecule has 1 aliphatic heterocycles. The van der Waals surface area contributed by atoms with Gasteiger partial charge in [0.25, 0.3) is 5.91 Å². The van der Waals surface area contributed by atoms with Crippen molar-refractivity contribution in [1.29, 1.82) is 0 Å². The third kappa shape index (κ3) is 5.67. The molecular weight excluding hydrogens is 433 g/mol. The van der Waals surface area contributed by atoms with Gasteiger partial charge in [0.1, 0.15) is 0 Å². The van der Waals surface area contributed by atoms with E-state index in [0.717, 1.165) is 11.2 Å². The lowest BCUT2D eigenvalue weighted by molar-refractivity contribution is 0.00578. The van der Waals surface area contributed by atoms with E-state index in [1.54, 1.807) is 0 Å². The minimum Gasteiger partial charge on any atom is -0.399 e. The van der Waals surface area contributed by atoms with Crippen molar-refractivity contribution < 1.29 is 14.1 Å². The van der Waals surface area contributed by atoms with E-state index >= 15 is 0 Å². The SMILES string of the molecule is CCCCCC1(c2ccc(C(=O)Nc3ccc(B4OC(C)(C)C(C)(C)O4)cc3)cc2)CCCCC1. The molecule has 0 spiro atoms. The molecule has 188 valence electrons. The topological polar surface area (TPSA) is 47.6 Å². The quantitative estimate of drug-likeness (QED) is 0.330. The first-order valence-electron chi connectivity index (χ1n) is 13.5. The second-order valence-corrected chi connectivity index (χ2v) is 11.5. The second kappa shape index (κ2) is 10.5. The molecule has 35 heavy (non-hydrogen) atoms. The fourth-order valence-corrected chi connectivity index (χ4v) is 5.51. The zero-order chi connectivity index (χ0) is 25.1. The van der Waals surface area contributed by atoms with E-state index in [9.17, 15) is 4.79 Å². The van der Waals surface area contributed by atoms with Gasteiger partial charge in [-0.1, -0.05) is 69.7 Å². The van der Waals surface area contributed by atoms with Crippen LogP contribution in [0.3, 0.4) is 0 Å². The van der Waals surface area contributed by atoms with Crippen LogP contribution in [0.15, 0.2) is 48.5 Å². The third-order valence-electron chi connectivity index (χ3n) is 8.52. The van der Waals surface area contributed by atoms with E-state index in [2.05, 4.69) is 24.4 Å². The van der Waals surface area contributed by atoms with Crippen molar-refractivity contribution in [2.45, 2.75) is 109 Å².